The van der Waals surface area contributed by atoms with Crippen LogP contribution >= 0.6 is 11.3 Å². The molecule has 4 rings (SSSR count). The van der Waals surface area contributed by atoms with Crippen molar-refractivity contribution in [3.05, 3.63) is 21.9 Å². The van der Waals surface area contributed by atoms with Crippen LogP contribution in [0.3, 0.4) is 0 Å². The maximum absolute atomic E-state index is 12.9. The lowest BCUT2D eigenvalue weighted by Gasteiger charge is -2.35. The van der Waals surface area contributed by atoms with E-state index in [1.165, 1.54) is 4.88 Å². The van der Waals surface area contributed by atoms with Gasteiger partial charge in [-0.15, -0.1) is 11.3 Å². The number of thiophene rings is 1. The predicted molar refractivity (Wildman–Crippen MR) is 94.3 cm³/mol. The molecule has 3 aliphatic heterocycles. The molecule has 0 unspecified atom stereocenters. The summed E-state index contributed by atoms with van der Waals surface area (Å²) >= 11 is 1.66. The number of hydrogen-bond donors (Lipinski definition) is 0. The third-order valence-electron chi connectivity index (χ3n) is 5.01. The predicted octanol–water partition coefficient (Wildman–Crippen LogP) is 2.41. The molecule has 2 atom stereocenters. The molecule has 132 valence electrons. The van der Waals surface area contributed by atoms with Gasteiger partial charge in [-0.05, 0) is 25.3 Å². The summed E-state index contributed by atoms with van der Waals surface area (Å²) in [5.41, 5.74) is 0.778. The number of aryl methyl sites for hydroxylation is 1. The van der Waals surface area contributed by atoms with E-state index in [0.717, 1.165) is 31.2 Å². The number of rotatable bonds is 6. The molecule has 5 nitrogen and oxygen atoms in total. The zero-order chi connectivity index (χ0) is 17.1. The van der Waals surface area contributed by atoms with Gasteiger partial charge >= 0.3 is 0 Å². The minimum Gasteiger partial charge on any atom is -0.383 e. The first kappa shape index (κ1) is 17.4. The summed E-state index contributed by atoms with van der Waals surface area (Å²) in [6.45, 7) is 4.51. The average molecular weight is 350 g/mol. The lowest BCUT2D eigenvalue weighted by Crippen LogP contribution is -2.49. The van der Waals surface area contributed by atoms with Gasteiger partial charge in [0.25, 0.3) is 5.91 Å². The third kappa shape index (κ3) is 3.49. The number of ether oxygens (including phenoxy) is 1. The SMILES string of the molecule is CCCc1cc(C(=O)N2C[C@@H]3CC[C@H](C2)N(CCOC)C3=O)cs1. The van der Waals surface area contributed by atoms with Gasteiger partial charge in [0.05, 0.1) is 18.1 Å². The number of hydrogen-bond acceptors (Lipinski definition) is 4. The Morgan fingerprint density at radius 3 is 2.96 bits per heavy atom. The molecule has 2 bridgehead atoms. The van der Waals surface area contributed by atoms with E-state index in [4.69, 9.17) is 4.74 Å². The molecule has 0 N–H and O–H groups in total. The lowest BCUT2D eigenvalue weighted by molar-refractivity contribution is -0.140. The molecule has 3 fully saturated rings. The molecule has 0 saturated carbocycles. The number of methoxy groups -OCH3 is 1. The highest BCUT2D eigenvalue weighted by Crippen LogP contribution is 2.30. The van der Waals surface area contributed by atoms with Gasteiger partial charge in [-0.2, -0.15) is 0 Å². The number of carbonyl (C=O) groups excluding carboxylic acids is 2. The van der Waals surface area contributed by atoms with Crippen molar-refractivity contribution < 1.29 is 14.3 Å². The van der Waals surface area contributed by atoms with Gasteiger partial charge in [0.15, 0.2) is 0 Å². The fourth-order valence-electron chi connectivity index (χ4n) is 3.74. The monoisotopic (exact) mass is 350 g/mol. The summed E-state index contributed by atoms with van der Waals surface area (Å²) in [4.78, 5) is 30.6. The molecule has 2 amide bonds. The first-order valence-corrected chi connectivity index (χ1v) is 9.68. The molecule has 1 aromatic heterocycles. The van der Waals surface area contributed by atoms with Crippen molar-refractivity contribution in [2.24, 2.45) is 5.92 Å². The molecule has 0 aliphatic carbocycles. The second-order valence-corrected chi connectivity index (χ2v) is 7.71. The Balaban J connectivity index is 1.73. The third-order valence-corrected chi connectivity index (χ3v) is 6.01. The van der Waals surface area contributed by atoms with E-state index in [9.17, 15) is 9.59 Å². The van der Waals surface area contributed by atoms with Crippen LogP contribution < -0.4 is 0 Å². The molecule has 0 aromatic carbocycles. The summed E-state index contributed by atoms with van der Waals surface area (Å²) in [5, 5.41) is 1.96. The minimum absolute atomic E-state index is 0.0571. The topological polar surface area (TPSA) is 49.9 Å². The smallest absolute Gasteiger partial charge is 0.254 e. The molecule has 3 saturated heterocycles. The molecule has 4 heterocycles. The molecular formula is C18H26N2O3S. The van der Waals surface area contributed by atoms with Gasteiger partial charge < -0.3 is 14.5 Å². The molecule has 1 aromatic rings. The van der Waals surface area contributed by atoms with Gasteiger partial charge in [0, 0.05) is 43.0 Å². The van der Waals surface area contributed by atoms with Crippen LogP contribution in [-0.4, -0.2) is 61.0 Å². The Labute approximate surface area is 147 Å². The number of amides is 2. The molecule has 0 spiro atoms. The fourth-order valence-corrected chi connectivity index (χ4v) is 4.71. The van der Waals surface area contributed by atoms with Gasteiger partial charge in [-0.3, -0.25) is 9.59 Å². The van der Waals surface area contributed by atoms with Crippen LogP contribution in [0, 0.1) is 5.92 Å². The lowest BCUT2D eigenvalue weighted by atomic mass is 9.94. The summed E-state index contributed by atoms with van der Waals surface area (Å²) in [7, 11) is 1.65. The maximum atomic E-state index is 12.9. The quantitative estimate of drug-likeness (QED) is 0.792. The average Bonchev–Trinajstić information content (AvgIpc) is 2.87. The van der Waals surface area contributed by atoms with Crippen molar-refractivity contribution in [1.82, 2.24) is 9.80 Å². The maximum Gasteiger partial charge on any atom is 0.254 e. The van der Waals surface area contributed by atoms with E-state index in [-0.39, 0.29) is 23.8 Å². The first-order valence-electron chi connectivity index (χ1n) is 8.80. The number of fused-ring (bicyclic) bond motifs is 4. The van der Waals surface area contributed by atoms with Crippen molar-refractivity contribution in [3.8, 4) is 0 Å². The van der Waals surface area contributed by atoms with E-state index < -0.39 is 0 Å². The second kappa shape index (κ2) is 7.66. The van der Waals surface area contributed by atoms with Crippen LogP contribution in [0.15, 0.2) is 11.4 Å². The van der Waals surface area contributed by atoms with Gasteiger partial charge in [-0.1, -0.05) is 13.3 Å². The van der Waals surface area contributed by atoms with E-state index in [1.54, 1.807) is 18.4 Å². The normalized spacial score (nSPS) is 23.7. The van der Waals surface area contributed by atoms with Crippen molar-refractivity contribution in [2.45, 2.75) is 38.6 Å². The van der Waals surface area contributed by atoms with E-state index in [2.05, 4.69) is 6.92 Å². The second-order valence-electron chi connectivity index (χ2n) is 6.71. The highest BCUT2D eigenvalue weighted by atomic mass is 32.1. The zero-order valence-corrected chi connectivity index (χ0v) is 15.3. The highest BCUT2D eigenvalue weighted by Gasteiger charge is 2.41. The van der Waals surface area contributed by atoms with E-state index in [1.807, 2.05) is 21.2 Å². The molecule has 0 radical (unpaired) electrons. The molecule has 6 heteroatoms. The first-order chi connectivity index (χ1) is 11.6. The van der Waals surface area contributed by atoms with Crippen molar-refractivity contribution in [1.29, 1.82) is 0 Å². The summed E-state index contributed by atoms with van der Waals surface area (Å²) in [6.07, 6.45) is 3.98. The molecule has 24 heavy (non-hydrogen) atoms. The van der Waals surface area contributed by atoms with Crippen LogP contribution in [0.4, 0.5) is 0 Å². The summed E-state index contributed by atoms with van der Waals surface area (Å²) in [6, 6.07) is 2.15. The molecular weight excluding hydrogens is 324 g/mol. The van der Waals surface area contributed by atoms with Crippen molar-refractivity contribution >= 4 is 23.2 Å². The number of piperidine rings is 1. The summed E-state index contributed by atoms with van der Waals surface area (Å²) < 4.78 is 5.14. The van der Waals surface area contributed by atoms with Crippen molar-refractivity contribution in [3.63, 3.8) is 0 Å². The fraction of sp³-hybridized carbons (Fsp3) is 0.667. The van der Waals surface area contributed by atoms with Gasteiger partial charge in [0.2, 0.25) is 5.91 Å². The minimum atomic E-state index is -0.0571. The van der Waals surface area contributed by atoms with E-state index >= 15 is 0 Å². The number of nitrogens with zero attached hydrogens (tertiary/aromatic N) is 2. The largest absolute Gasteiger partial charge is 0.383 e. The number of carbonyl (C=O) groups is 2. The van der Waals surface area contributed by atoms with Crippen LogP contribution in [0.2, 0.25) is 0 Å². The Hall–Kier alpha value is -1.40. The van der Waals surface area contributed by atoms with E-state index in [0.29, 0.717) is 26.2 Å². The van der Waals surface area contributed by atoms with Crippen molar-refractivity contribution in [2.75, 3.05) is 33.4 Å². The zero-order valence-electron chi connectivity index (χ0n) is 14.5. The van der Waals surface area contributed by atoms with Crippen LogP contribution in [0.25, 0.3) is 0 Å². The Morgan fingerprint density at radius 1 is 1.38 bits per heavy atom. The van der Waals surface area contributed by atoms with Gasteiger partial charge in [0.1, 0.15) is 0 Å². The Morgan fingerprint density at radius 2 is 2.21 bits per heavy atom. The Bertz CT molecular complexity index is 601. The Kier molecular flexibility index (Phi) is 5.56. The molecule has 3 aliphatic rings. The summed E-state index contributed by atoms with van der Waals surface area (Å²) in [5.74, 6) is 0.209. The van der Waals surface area contributed by atoms with Gasteiger partial charge in [-0.25, -0.2) is 0 Å². The van der Waals surface area contributed by atoms with Crippen LogP contribution in [0.1, 0.15) is 41.4 Å². The standard InChI is InChI=1S/C18H26N2O3S/c1-3-4-16-9-14(12-24-16)17(21)19-10-13-5-6-15(11-19)20(18(13)22)7-8-23-2/h9,12-13,15H,3-8,10-11H2,1-2H3/t13-,15+/m0/s1. The highest BCUT2D eigenvalue weighted by molar-refractivity contribution is 7.10. The van der Waals surface area contributed by atoms with Crippen LogP contribution in [0.5, 0.6) is 0 Å². The van der Waals surface area contributed by atoms with Crippen LogP contribution in [-0.2, 0) is 16.0 Å².